The predicted molar refractivity (Wildman–Crippen MR) is 52.2 cm³/mol. The SMILES string of the molecule is NC(CC(=O)O)c1c(O)c(Cl)cc(F)c1F. The van der Waals surface area contributed by atoms with Crippen molar-refractivity contribution in [1.29, 1.82) is 0 Å². The van der Waals surface area contributed by atoms with Crippen LogP contribution < -0.4 is 5.73 Å². The molecule has 16 heavy (non-hydrogen) atoms. The summed E-state index contributed by atoms with van der Waals surface area (Å²) in [7, 11) is 0. The van der Waals surface area contributed by atoms with E-state index in [-0.39, 0.29) is 0 Å². The molecule has 0 aliphatic carbocycles. The number of phenols is 1. The van der Waals surface area contributed by atoms with Crippen LogP contribution in [0.1, 0.15) is 18.0 Å². The number of rotatable bonds is 3. The number of carboxylic acids is 1. The van der Waals surface area contributed by atoms with Gasteiger partial charge in [0.05, 0.1) is 17.0 Å². The third-order valence-electron chi connectivity index (χ3n) is 1.95. The Morgan fingerprint density at radius 2 is 2.12 bits per heavy atom. The van der Waals surface area contributed by atoms with Gasteiger partial charge >= 0.3 is 5.97 Å². The second kappa shape index (κ2) is 4.63. The highest BCUT2D eigenvalue weighted by molar-refractivity contribution is 6.32. The van der Waals surface area contributed by atoms with Crippen molar-refractivity contribution in [3.8, 4) is 5.75 Å². The molecule has 1 atom stereocenters. The number of hydrogen-bond acceptors (Lipinski definition) is 3. The van der Waals surface area contributed by atoms with Crippen LogP contribution in [0.2, 0.25) is 5.02 Å². The van der Waals surface area contributed by atoms with E-state index in [1.165, 1.54) is 0 Å². The summed E-state index contributed by atoms with van der Waals surface area (Å²) in [5, 5.41) is 17.4. The summed E-state index contributed by atoms with van der Waals surface area (Å²) in [5.74, 6) is -4.73. The minimum atomic E-state index is -1.39. The topological polar surface area (TPSA) is 83.6 Å². The fourth-order valence-corrected chi connectivity index (χ4v) is 1.43. The monoisotopic (exact) mass is 251 g/mol. The summed E-state index contributed by atoms with van der Waals surface area (Å²) in [6, 6.07) is -0.783. The summed E-state index contributed by atoms with van der Waals surface area (Å²) in [6.07, 6.45) is -0.649. The van der Waals surface area contributed by atoms with Crippen LogP contribution in [0, 0.1) is 11.6 Å². The quantitative estimate of drug-likeness (QED) is 0.715. The summed E-state index contributed by atoms with van der Waals surface area (Å²) >= 11 is 5.41. The maximum absolute atomic E-state index is 13.3. The van der Waals surface area contributed by atoms with Gasteiger partial charge in [-0.2, -0.15) is 0 Å². The van der Waals surface area contributed by atoms with E-state index in [0.717, 1.165) is 0 Å². The van der Waals surface area contributed by atoms with Crippen LogP contribution in [0.3, 0.4) is 0 Å². The predicted octanol–water partition coefficient (Wildman–Crippen LogP) is 1.80. The van der Waals surface area contributed by atoms with Crippen LogP contribution in [0.25, 0.3) is 0 Å². The van der Waals surface area contributed by atoms with Gasteiger partial charge < -0.3 is 15.9 Å². The van der Waals surface area contributed by atoms with Crippen LogP contribution in [-0.2, 0) is 4.79 Å². The first-order valence-electron chi connectivity index (χ1n) is 4.18. The number of aromatic hydroxyl groups is 1. The minimum Gasteiger partial charge on any atom is -0.506 e. The van der Waals surface area contributed by atoms with Gasteiger partial charge in [0.1, 0.15) is 5.75 Å². The Labute approximate surface area is 94.3 Å². The third-order valence-corrected chi connectivity index (χ3v) is 2.23. The summed E-state index contributed by atoms with van der Waals surface area (Å²) in [4.78, 5) is 10.4. The average Bonchev–Trinajstić information content (AvgIpc) is 2.14. The molecule has 0 aliphatic rings. The molecule has 0 fully saturated rings. The Morgan fingerprint density at radius 3 is 2.62 bits per heavy atom. The Hall–Kier alpha value is -1.40. The fraction of sp³-hybridized carbons (Fsp3) is 0.222. The van der Waals surface area contributed by atoms with Crippen LogP contribution in [0.5, 0.6) is 5.75 Å². The average molecular weight is 252 g/mol. The first-order valence-corrected chi connectivity index (χ1v) is 4.56. The molecule has 4 nitrogen and oxygen atoms in total. The number of phenolic OH excluding ortho intramolecular Hbond substituents is 1. The van der Waals surface area contributed by atoms with Gasteiger partial charge in [-0.1, -0.05) is 11.6 Å². The number of halogens is 3. The molecule has 1 rings (SSSR count). The Morgan fingerprint density at radius 1 is 1.56 bits per heavy atom. The van der Waals surface area contributed by atoms with Gasteiger partial charge in [0.25, 0.3) is 0 Å². The largest absolute Gasteiger partial charge is 0.506 e. The van der Waals surface area contributed by atoms with E-state index in [1.807, 2.05) is 0 Å². The Balaban J connectivity index is 3.26. The van der Waals surface area contributed by atoms with Crippen LogP contribution in [0.15, 0.2) is 6.07 Å². The molecule has 7 heteroatoms. The molecule has 0 amide bonds. The highest BCUT2D eigenvalue weighted by Crippen LogP contribution is 2.35. The molecule has 0 bridgehead atoms. The number of benzene rings is 1. The molecular formula is C9H8ClF2NO3. The number of carboxylic acid groups (broad SMARTS) is 1. The van der Waals surface area contributed by atoms with E-state index >= 15 is 0 Å². The maximum Gasteiger partial charge on any atom is 0.305 e. The Kier molecular flexibility index (Phi) is 3.66. The van der Waals surface area contributed by atoms with Crippen molar-refractivity contribution in [2.75, 3.05) is 0 Å². The Bertz CT molecular complexity index is 413. The third kappa shape index (κ3) is 2.40. The molecule has 1 unspecified atom stereocenters. The second-order valence-electron chi connectivity index (χ2n) is 3.12. The highest BCUT2D eigenvalue weighted by atomic mass is 35.5. The van der Waals surface area contributed by atoms with Crippen molar-refractivity contribution in [3.05, 3.63) is 28.3 Å². The summed E-state index contributed by atoms with van der Waals surface area (Å²) in [6.45, 7) is 0. The summed E-state index contributed by atoms with van der Waals surface area (Å²) < 4.78 is 26.2. The zero-order chi connectivity index (χ0) is 12.5. The van der Waals surface area contributed by atoms with Gasteiger partial charge in [-0.05, 0) is 6.07 Å². The highest BCUT2D eigenvalue weighted by Gasteiger charge is 2.24. The van der Waals surface area contributed by atoms with Crippen molar-refractivity contribution >= 4 is 17.6 Å². The molecular weight excluding hydrogens is 244 g/mol. The van der Waals surface area contributed by atoms with E-state index in [4.69, 9.17) is 22.4 Å². The van der Waals surface area contributed by atoms with Gasteiger partial charge in [0.2, 0.25) is 0 Å². The van der Waals surface area contributed by atoms with Gasteiger partial charge in [0, 0.05) is 6.04 Å². The van der Waals surface area contributed by atoms with Crippen molar-refractivity contribution in [1.82, 2.24) is 0 Å². The van der Waals surface area contributed by atoms with Gasteiger partial charge in [-0.15, -0.1) is 0 Å². The maximum atomic E-state index is 13.3. The molecule has 88 valence electrons. The van der Waals surface area contributed by atoms with E-state index < -0.39 is 46.4 Å². The lowest BCUT2D eigenvalue weighted by Gasteiger charge is -2.13. The summed E-state index contributed by atoms with van der Waals surface area (Å²) in [5.41, 5.74) is 4.70. The van der Waals surface area contributed by atoms with Crippen molar-refractivity contribution in [2.24, 2.45) is 5.73 Å². The van der Waals surface area contributed by atoms with Gasteiger partial charge in [-0.25, -0.2) is 8.78 Å². The number of aliphatic carboxylic acids is 1. The first-order chi connectivity index (χ1) is 7.34. The normalized spacial score (nSPS) is 12.5. The number of carbonyl (C=O) groups is 1. The first kappa shape index (κ1) is 12.7. The molecule has 0 aromatic heterocycles. The fourth-order valence-electron chi connectivity index (χ4n) is 1.23. The minimum absolute atomic E-state index is 0.422. The molecule has 1 aromatic carbocycles. The molecule has 0 heterocycles. The molecule has 1 aromatic rings. The smallest absolute Gasteiger partial charge is 0.305 e. The molecule has 0 spiro atoms. The van der Waals surface area contributed by atoms with Gasteiger partial charge in [-0.3, -0.25) is 4.79 Å². The lowest BCUT2D eigenvalue weighted by molar-refractivity contribution is -0.137. The molecule has 0 aliphatic heterocycles. The second-order valence-corrected chi connectivity index (χ2v) is 3.53. The van der Waals surface area contributed by atoms with E-state index in [9.17, 15) is 18.7 Å². The van der Waals surface area contributed by atoms with Crippen LogP contribution in [0.4, 0.5) is 8.78 Å². The van der Waals surface area contributed by atoms with Crippen molar-refractivity contribution in [3.63, 3.8) is 0 Å². The lowest BCUT2D eigenvalue weighted by Crippen LogP contribution is -2.17. The van der Waals surface area contributed by atoms with Gasteiger partial charge in [0.15, 0.2) is 11.6 Å². The van der Waals surface area contributed by atoms with Crippen molar-refractivity contribution in [2.45, 2.75) is 12.5 Å². The molecule has 0 saturated heterocycles. The molecule has 4 N–H and O–H groups in total. The zero-order valence-electron chi connectivity index (χ0n) is 7.88. The van der Waals surface area contributed by atoms with E-state index in [0.29, 0.717) is 6.07 Å². The van der Waals surface area contributed by atoms with E-state index in [2.05, 4.69) is 0 Å². The van der Waals surface area contributed by atoms with Crippen molar-refractivity contribution < 1.29 is 23.8 Å². The van der Waals surface area contributed by atoms with Crippen LogP contribution in [-0.4, -0.2) is 16.2 Å². The van der Waals surface area contributed by atoms with Crippen LogP contribution >= 0.6 is 11.6 Å². The lowest BCUT2D eigenvalue weighted by atomic mass is 10.0. The number of hydrogen-bond donors (Lipinski definition) is 3. The molecule has 0 radical (unpaired) electrons. The zero-order valence-corrected chi connectivity index (χ0v) is 8.63. The number of nitrogens with two attached hydrogens (primary N) is 1. The van der Waals surface area contributed by atoms with E-state index in [1.54, 1.807) is 0 Å². The standard InChI is InChI=1S/C9H8ClF2NO3/c10-3-1-4(11)8(12)7(9(3)16)5(13)2-6(14)15/h1,5,16H,2,13H2,(H,14,15). The molecule has 0 saturated carbocycles.